The van der Waals surface area contributed by atoms with Crippen molar-refractivity contribution in [3.8, 4) is 0 Å². The highest BCUT2D eigenvalue weighted by Crippen LogP contribution is 2.22. The van der Waals surface area contributed by atoms with Gasteiger partial charge in [0.1, 0.15) is 5.15 Å². The topological polar surface area (TPSA) is 68.3 Å². The molecule has 1 amide bonds. The van der Waals surface area contributed by atoms with Gasteiger partial charge in [0.25, 0.3) is 5.91 Å². The minimum absolute atomic E-state index is 0.234. The predicted octanol–water partition coefficient (Wildman–Crippen LogP) is 3.68. The van der Waals surface area contributed by atoms with E-state index in [0.29, 0.717) is 5.69 Å². The summed E-state index contributed by atoms with van der Waals surface area (Å²) in [5.41, 5.74) is 0.902. The lowest BCUT2D eigenvalue weighted by Gasteiger charge is -2.09. The van der Waals surface area contributed by atoms with Crippen LogP contribution in [-0.2, 0) is 9.53 Å². The first-order valence-corrected chi connectivity index (χ1v) is 7.57. The van der Waals surface area contributed by atoms with Gasteiger partial charge in [-0.15, -0.1) is 0 Å². The molecule has 0 spiro atoms. The maximum Gasteiger partial charge on any atom is 0.340 e. The number of carbonyl (C=O) groups excluding carboxylic acids is 2. The number of amides is 1. The van der Waals surface area contributed by atoms with E-state index < -0.39 is 11.9 Å². The molecule has 1 N–H and O–H groups in total. The molecule has 0 unspecified atom stereocenters. The Hall–Kier alpha value is -2.92. The van der Waals surface area contributed by atoms with E-state index in [1.807, 2.05) is 36.4 Å². The van der Waals surface area contributed by atoms with Gasteiger partial charge >= 0.3 is 5.97 Å². The van der Waals surface area contributed by atoms with Crippen LogP contribution in [-0.4, -0.2) is 23.5 Å². The molecule has 3 rings (SSSR count). The third-order valence-electron chi connectivity index (χ3n) is 3.36. The van der Waals surface area contributed by atoms with Crippen LogP contribution in [0.2, 0.25) is 5.15 Å². The lowest BCUT2D eigenvalue weighted by molar-refractivity contribution is -0.119. The molecule has 0 saturated carbocycles. The summed E-state index contributed by atoms with van der Waals surface area (Å²) < 4.78 is 4.98. The molecule has 1 heterocycles. The summed E-state index contributed by atoms with van der Waals surface area (Å²) in [7, 11) is 0. The van der Waals surface area contributed by atoms with Crippen LogP contribution in [0.25, 0.3) is 10.8 Å². The van der Waals surface area contributed by atoms with Crippen molar-refractivity contribution in [2.24, 2.45) is 0 Å². The zero-order chi connectivity index (χ0) is 16.9. The zero-order valence-corrected chi connectivity index (χ0v) is 13.3. The van der Waals surface area contributed by atoms with E-state index in [9.17, 15) is 9.59 Å². The van der Waals surface area contributed by atoms with E-state index >= 15 is 0 Å². The van der Waals surface area contributed by atoms with Crippen molar-refractivity contribution in [1.82, 2.24) is 4.98 Å². The van der Waals surface area contributed by atoms with E-state index in [4.69, 9.17) is 16.3 Å². The molecule has 1 aromatic heterocycles. The predicted molar refractivity (Wildman–Crippen MR) is 92.1 cm³/mol. The second-order valence-corrected chi connectivity index (χ2v) is 5.41. The van der Waals surface area contributed by atoms with Crippen LogP contribution in [0, 0.1) is 0 Å². The van der Waals surface area contributed by atoms with Gasteiger partial charge in [0.15, 0.2) is 6.61 Å². The van der Waals surface area contributed by atoms with E-state index in [0.717, 1.165) is 10.8 Å². The van der Waals surface area contributed by atoms with Gasteiger partial charge in [-0.25, -0.2) is 9.78 Å². The van der Waals surface area contributed by atoms with Crippen LogP contribution in [0.4, 0.5) is 5.69 Å². The Morgan fingerprint density at radius 2 is 1.83 bits per heavy atom. The Bertz CT molecular complexity index is 889. The summed E-state index contributed by atoms with van der Waals surface area (Å²) in [6.45, 7) is -0.384. The summed E-state index contributed by atoms with van der Waals surface area (Å²) in [5.74, 6) is -1.05. The quantitative estimate of drug-likeness (QED) is 0.581. The van der Waals surface area contributed by atoms with Crippen molar-refractivity contribution in [1.29, 1.82) is 0 Å². The number of benzene rings is 2. The monoisotopic (exact) mass is 340 g/mol. The second-order valence-electron chi connectivity index (χ2n) is 5.02. The molecule has 0 aliphatic heterocycles. The van der Waals surface area contributed by atoms with Crippen molar-refractivity contribution in [2.75, 3.05) is 11.9 Å². The van der Waals surface area contributed by atoms with Crippen molar-refractivity contribution in [3.05, 3.63) is 71.5 Å². The highest BCUT2D eigenvalue weighted by molar-refractivity contribution is 6.29. The van der Waals surface area contributed by atoms with Crippen LogP contribution in [0.15, 0.2) is 60.8 Å². The highest BCUT2D eigenvalue weighted by Gasteiger charge is 2.11. The van der Waals surface area contributed by atoms with Gasteiger partial charge in [-0.05, 0) is 23.6 Å². The lowest BCUT2D eigenvalue weighted by Crippen LogP contribution is -2.21. The fourth-order valence-electron chi connectivity index (χ4n) is 2.23. The lowest BCUT2D eigenvalue weighted by atomic mass is 10.1. The van der Waals surface area contributed by atoms with E-state index in [1.54, 1.807) is 6.07 Å². The average molecular weight is 341 g/mol. The maximum atomic E-state index is 12.0. The molecule has 0 atom stereocenters. The van der Waals surface area contributed by atoms with Crippen molar-refractivity contribution >= 4 is 39.9 Å². The number of carbonyl (C=O) groups is 2. The summed E-state index contributed by atoms with van der Waals surface area (Å²) in [5, 5.41) is 4.96. The first-order valence-electron chi connectivity index (χ1n) is 7.20. The minimum atomic E-state index is -0.632. The van der Waals surface area contributed by atoms with Gasteiger partial charge in [0, 0.05) is 17.3 Å². The maximum absolute atomic E-state index is 12.0. The first-order chi connectivity index (χ1) is 11.6. The van der Waals surface area contributed by atoms with Crippen LogP contribution < -0.4 is 5.32 Å². The Kier molecular flexibility index (Phi) is 4.72. The number of pyridine rings is 1. The molecule has 6 heteroatoms. The summed E-state index contributed by atoms with van der Waals surface area (Å²) >= 11 is 5.65. The van der Waals surface area contributed by atoms with Crippen LogP contribution in [0.1, 0.15) is 10.4 Å². The number of fused-ring (bicyclic) bond motifs is 1. The summed E-state index contributed by atoms with van der Waals surface area (Å²) in [6.07, 6.45) is 1.30. The number of halogens is 1. The molecule has 0 fully saturated rings. The summed E-state index contributed by atoms with van der Waals surface area (Å²) in [4.78, 5) is 27.7. The molecular formula is C18H13ClN2O3. The molecule has 2 aromatic carbocycles. The van der Waals surface area contributed by atoms with E-state index in [-0.39, 0.29) is 17.3 Å². The number of nitrogens with zero attached hydrogens (tertiary/aromatic N) is 1. The van der Waals surface area contributed by atoms with Gasteiger partial charge in [0.05, 0.1) is 5.56 Å². The molecular weight excluding hydrogens is 328 g/mol. The Balaban J connectivity index is 1.63. The molecule has 5 nitrogen and oxygen atoms in total. The third kappa shape index (κ3) is 3.70. The van der Waals surface area contributed by atoms with Crippen LogP contribution in [0.5, 0.6) is 0 Å². The second kappa shape index (κ2) is 7.10. The molecule has 0 bridgehead atoms. The minimum Gasteiger partial charge on any atom is -0.452 e. The van der Waals surface area contributed by atoms with E-state index in [1.165, 1.54) is 18.3 Å². The van der Waals surface area contributed by atoms with Gasteiger partial charge in [-0.1, -0.05) is 48.0 Å². The molecule has 24 heavy (non-hydrogen) atoms. The number of anilines is 1. The van der Waals surface area contributed by atoms with Crippen molar-refractivity contribution in [2.45, 2.75) is 0 Å². The number of hydrogen-bond acceptors (Lipinski definition) is 4. The standard InChI is InChI=1S/C18H13ClN2O3/c19-16-9-8-13(10-20-16)18(23)24-11-17(22)21-15-7-3-5-12-4-1-2-6-14(12)15/h1-10H,11H2,(H,21,22). The van der Waals surface area contributed by atoms with Crippen LogP contribution in [0.3, 0.4) is 0 Å². The number of nitrogens with one attached hydrogen (secondary N) is 1. The first kappa shape index (κ1) is 16.0. The SMILES string of the molecule is O=C(COC(=O)c1ccc(Cl)nc1)Nc1cccc2ccccc12. The van der Waals surface area contributed by atoms with Crippen LogP contribution >= 0.6 is 11.6 Å². The number of aromatic nitrogens is 1. The number of rotatable bonds is 4. The van der Waals surface area contributed by atoms with Crippen molar-refractivity contribution in [3.63, 3.8) is 0 Å². The Morgan fingerprint density at radius 3 is 2.62 bits per heavy atom. The van der Waals surface area contributed by atoms with E-state index in [2.05, 4.69) is 10.3 Å². The molecule has 0 aliphatic carbocycles. The Morgan fingerprint density at radius 1 is 1.04 bits per heavy atom. The Labute approximate surface area is 143 Å². The third-order valence-corrected chi connectivity index (χ3v) is 3.58. The molecule has 3 aromatic rings. The summed E-state index contributed by atoms with van der Waals surface area (Å²) in [6, 6.07) is 16.3. The van der Waals surface area contributed by atoms with Gasteiger partial charge in [-0.3, -0.25) is 4.79 Å². The number of hydrogen-bond donors (Lipinski definition) is 1. The normalized spacial score (nSPS) is 10.4. The van der Waals surface area contributed by atoms with Crippen molar-refractivity contribution < 1.29 is 14.3 Å². The molecule has 0 aliphatic rings. The highest BCUT2D eigenvalue weighted by atomic mass is 35.5. The number of esters is 1. The van der Waals surface area contributed by atoms with Gasteiger partial charge in [0.2, 0.25) is 0 Å². The molecule has 0 saturated heterocycles. The van der Waals surface area contributed by atoms with Gasteiger partial charge in [-0.2, -0.15) is 0 Å². The fraction of sp³-hybridized carbons (Fsp3) is 0.0556. The molecule has 120 valence electrons. The smallest absolute Gasteiger partial charge is 0.340 e. The van der Waals surface area contributed by atoms with Gasteiger partial charge < -0.3 is 10.1 Å². The number of ether oxygens (including phenoxy) is 1. The largest absolute Gasteiger partial charge is 0.452 e. The fourth-order valence-corrected chi connectivity index (χ4v) is 2.34. The zero-order valence-electron chi connectivity index (χ0n) is 12.5. The average Bonchev–Trinajstić information content (AvgIpc) is 2.61. The molecule has 0 radical (unpaired) electrons.